The maximum absolute atomic E-state index is 12.3. The number of nitrogens with zero attached hydrogens (tertiary/aromatic N) is 2. The van der Waals surface area contributed by atoms with Gasteiger partial charge in [0.15, 0.2) is 0 Å². The van der Waals surface area contributed by atoms with Gasteiger partial charge in [-0.05, 0) is 25.5 Å². The predicted octanol–water partition coefficient (Wildman–Crippen LogP) is 1.27. The standard InChI is InChI=1S/C15H22N2O2/c1-3-17(14-7-5-4-6-12(14)2)15(19)10-16-8-13(9-16)11-18/h4-7,13,18H,3,8-11H2,1-2H3. The van der Waals surface area contributed by atoms with E-state index >= 15 is 0 Å². The van der Waals surface area contributed by atoms with E-state index in [2.05, 4.69) is 4.90 Å². The Labute approximate surface area is 114 Å². The van der Waals surface area contributed by atoms with Gasteiger partial charge in [0.25, 0.3) is 0 Å². The molecular weight excluding hydrogens is 240 g/mol. The number of likely N-dealkylation sites (tertiary alicyclic amines) is 1. The van der Waals surface area contributed by atoms with Gasteiger partial charge in [-0.15, -0.1) is 0 Å². The fourth-order valence-electron chi connectivity index (χ4n) is 2.55. The molecule has 1 saturated heterocycles. The third kappa shape index (κ3) is 3.14. The molecule has 0 bridgehead atoms. The molecule has 1 N–H and O–H groups in total. The van der Waals surface area contributed by atoms with Crippen LogP contribution in [0.15, 0.2) is 24.3 Å². The first kappa shape index (κ1) is 14.0. The van der Waals surface area contributed by atoms with Crippen molar-refractivity contribution < 1.29 is 9.90 Å². The molecule has 104 valence electrons. The van der Waals surface area contributed by atoms with Gasteiger partial charge in [0, 0.05) is 37.8 Å². The van der Waals surface area contributed by atoms with Crippen LogP contribution in [0.3, 0.4) is 0 Å². The van der Waals surface area contributed by atoms with E-state index in [1.165, 1.54) is 0 Å². The second kappa shape index (κ2) is 6.17. The molecule has 19 heavy (non-hydrogen) atoms. The zero-order valence-electron chi connectivity index (χ0n) is 11.7. The molecule has 0 aliphatic carbocycles. The predicted molar refractivity (Wildman–Crippen MR) is 76.2 cm³/mol. The summed E-state index contributed by atoms with van der Waals surface area (Å²) < 4.78 is 0. The average molecular weight is 262 g/mol. The molecule has 4 nitrogen and oxygen atoms in total. The number of para-hydroxylation sites is 1. The van der Waals surface area contributed by atoms with Gasteiger partial charge in [-0.25, -0.2) is 0 Å². The van der Waals surface area contributed by atoms with Crippen molar-refractivity contribution in [3.63, 3.8) is 0 Å². The van der Waals surface area contributed by atoms with Gasteiger partial charge in [-0.3, -0.25) is 9.69 Å². The van der Waals surface area contributed by atoms with Crippen LogP contribution in [-0.4, -0.2) is 48.7 Å². The van der Waals surface area contributed by atoms with Crippen molar-refractivity contribution in [2.45, 2.75) is 13.8 Å². The maximum Gasteiger partial charge on any atom is 0.241 e. The molecule has 1 aromatic rings. The van der Waals surface area contributed by atoms with Crippen molar-refractivity contribution in [1.82, 2.24) is 4.90 Å². The third-order valence-corrected chi connectivity index (χ3v) is 3.67. The molecule has 0 saturated carbocycles. The number of hydrogen-bond donors (Lipinski definition) is 1. The summed E-state index contributed by atoms with van der Waals surface area (Å²) in [5, 5.41) is 8.99. The highest BCUT2D eigenvalue weighted by Gasteiger charge is 2.29. The number of aliphatic hydroxyl groups is 1. The van der Waals surface area contributed by atoms with Crippen LogP contribution < -0.4 is 4.90 Å². The highest BCUT2D eigenvalue weighted by Crippen LogP contribution is 2.21. The van der Waals surface area contributed by atoms with Crippen molar-refractivity contribution in [3.05, 3.63) is 29.8 Å². The summed E-state index contributed by atoms with van der Waals surface area (Å²) in [7, 11) is 0. The molecule has 0 spiro atoms. The summed E-state index contributed by atoms with van der Waals surface area (Å²) in [6, 6.07) is 7.96. The van der Waals surface area contributed by atoms with E-state index in [1.807, 2.05) is 43.0 Å². The van der Waals surface area contributed by atoms with Crippen molar-refractivity contribution in [3.8, 4) is 0 Å². The number of likely N-dealkylation sites (N-methyl/N-ethyl adjacent to an activating group) is 1. The lowest BCUT2D eigenvalue weighted by Gasteiger charge is -2.38. The van der Waals surface area contributed by atoms with E-state index in [0.29, 0.717) is 19.0 Å². The van der Waals surface area contributed by atoms with Crippen LogP contribution in [0.1, 0.15) is 12.5 Å². The van der Waals surface area contributed by atoms with Crippen molar-refractivity contribution in [1.29, 1.82) is 0 Å². The first-order valence-corrected chi connectivity index (χ1v) is 6.85. The smallest absolute Gasteiger partial charge is 0.241 e. The van der Waals surface area contributed by atoms with E-state index < -0.39 is 0 Å². The summed E-state index contributed by atoms with van der Waals surface area (Å²) in [5.41, 5.74) is 2.11. The van der Waals surface area contributed by atoms with E-state index in [9.17, 15) is 4.79 Å². The minimum absolute atomic E-state index is 0.133. The van der Waals surface area contributed by atoms with Crippen LogP contribution in [0, 0.1) is 12.8 Å². The highest BCUT2D eigenvalue weighted by atomic mass is 16.3. The Morgan fingerprint density at radius 3 is 2.68 bits per heavy atom. The number of rotatable bonds is 5. The van der Waals surface area contributed by atoms with Crippen molar-refractivity contribution in [2.75, 3.05) is 37.7 Å². The maximum atomic E-state index is 12.3. The van der Waals surface area contributed by atoms with E-state index in [4.69, 9.17) is 5.11 Å². The molecule has 1 aliphatic heterocycles. The van der Waals surface area contributed by atoms with Crippen LogP contribution >= 0.6 is 0 Å². The molecule has 1 fully saturated rings. The number of benzene rings is 1. The second-order valence-electron chi connectivity index (χ2n) is 5.17. The molecule has 0 unspecified atom stereocenters. The normalized spacial score (nSPS) is 16.2. The monoisotopic (exact) mass is 262 g/mol. The lowest BCUT2D eigenvalue weighted by atomic mass is 10.0. The van der Waals surface area contributed by atoms with Crippen LogP contribution in [-0.2, 0) is 4.79 Å². The summed E-state index contributed by atoms with van der Waals surface area (Å²) in [6.07, 6.45) is 0. The molecule has 1 aromatic carbocycles. The highest BCUT2D eigenvalue weighted by molar-refractivity contribution is 5.95. The Hall–Kier alpha value is -1.39. The van der Waals surface area contributed by atoms with E-state index in [0.717, 1.165) is 24.3 Å². The lowest BCUT2D eigenvalue weighted by molar-refractivity contribution is -0.121. The fraction of sp³-hybridized carbons (Fsp3) is 0.533. The molecular formula is C15H22N2O2. The molecule has 0 radical (unpaired) electrons. The number of carbonyl (C=O) groups excluding carboxylic acids is 1. The van der Waals surface area contributed by atoms with Gasteiger partial charge in [0.2, 0.25) is 5.91 Å². The van der Waals surface area contributed by atoms with Gasteiger partial charge in [-0.1, -0.05) is 18.2 Å². The Kier molecular flexibility index (Phi) is 4.56. The topological polar surface area (TPSA) is 43.8 Å². The molecule has 4 heteroatoms. The van der Waals surface area contributed by atoms with Gasteiger partial charge < -0.3 is 10.0 Å². The number of anilines is 1. The molecule has 1 aliphatic rings. The molecule has 2 rings (SSSR count). The van der Waals surface area contributed by atoms with Gasteiger partial charge in [0.1, 0.15) is 0 Å². The van der Waals surface area contributed by atoms with Crippen LogP contribution in [0.5, 0.6) is 0 Å². The zero-order valence-corrected chi connectivity index (χ0v) is 11.7. The number of hydrogen-bond acceptors (Lipinski definition) is 3. The molecule has 1 amide bonds. The van der Waals surface area contributed by atoms with Gasteiger partial charge in [0.05, 0.1) is 6.54 Å². The quantitative estimate of drug-likeness (QED) is 0.869. The first-order valence-electron chi connectivity index (χ1n) is 6.85. The van der Waals surface area contributed by atoms with Crippen LogP contribution in [0.2, 0.25) is 0 Å². The van der Waals surface area contributed by atoms with Crippen molar-refractivity contribution in [2.24, 2.45) is 5.92 Å². The summed E-state index contributed by atoms with van der Waals surface area (Å²) in [4.78, 5) is 16.3. The first-order chi connectivity index (χ1) is 9.15. The lowest BCUT2D eigenvalue weighted by Crippen LogP contribution is -2.52. The average Bonchev–Trinajstić information content (AvgIpc) is 2.36. The second-order valence-corrected chi connectivity index (χ2v) is 5.17. The number of aliphatic hydroxyl groups excluding tert-OH is 1. The van der Waals surface area contributed by atoms with Crippen molar-refractivity contribution >= 4 is 11.6 Å². The Morgan fingerprint density at radius 2 is 2.11 bits per heavy atom. The Bertz CT molecular complexity index is 442. The molecule has 1 heterocycles. The third-order valence-electron chi connectivity index (χ3n) is 3.67. The van der Waals surface area contributed by atoms with Crippen LogP contribution in [0.4, 0.5) is 5.69 Å². The minimum atomic E-state index is 0.133. The van der Waals surface area contributed by atoms with Gasteiger partial charge in [-0.2, -0.15) is 0 Å². The Morgan fingerprint density at radius 1 is 1.42 bits per heavy atom. The number of carbonyl (C=O) groups is 1. The summed E-state index contributed by atoms with van der Waals surface area (Å²) >= 11 is 0. The largest absolute Gasteiger partial charge is 0.396 e. The summed E-state index contributed by atoms with van der Waals surface area (Å²) in [5.74, 6) is 0.481. The molecule has 0 atom stereocenters. The number of aryl methyl sites for hydroxylation is 1. The van der Waals surface area contributed by atoms with E-state index in [-0.39, 0.29) is 12.5 Å². The van der Waals surface area contributed by atoms with E-state index in [1.54, 1.807) is 0 Å². The van der Waals surface area contributed by atoms with Crippen LogP contribution in [0.25, 0.3) is 0 Å². The SMILES string of the molecule is CCN(C(=O)CN1CC(CO)C1)c1ccccc1C. The minimum Gasteiger partial charge on any atom is -0.396 e. The fourth-order valence-corrected chi connectivity index (χ4v) is 2.55. The summed E-state index contributed by atoms with van der Waals surface area (Å²) in [6.45, 7) is 7.02. The Balaban J connectivity index is 1.98. The number of amides is 1. The van der Waals surface area contributed by atoms with Gasteiger partial charge >= 0.3 is 0 Å². The molecule has 0 aromatic heterocycles. The zero-order chi connectivity index (χ0) is 13.8.